The number of hydrogen-bond donors (Lipinski definition) is 2. The van der Waals surface area contributed by atoms with E-state index in [2.05, 4.69) is 64.1 Å². The zero-order valence-corrected chi connectivity index (χ0v) is 37.8. The smallest absolute Gasteiger partial charge is 0.341 e. The van der Waals surface area contributed by atoms with Crippen LogP contribution in [0.4, 0.5) is 0 Å². The van der Waals surface area contributed by atoms with Crippen molar-refractivity contribution in [2.45, 2.75) is 77.4 Å². The van der Waals surface area contributed by atoms with Crippen LogP contribution in [0.25, 0.3) is 0 Å². The molecule has 0 saturated carbocycles. The second-order valence-electron chi connectivity index (χ2n) is 16.7. The van der Waals surface area contributed by atoms with Crippen LogP contribution in [0.3, 0.4) is 0 Å². The SMILES string of the molecule is CCOc1ccc(C(C)(C)C(Cc2cccc(Oc3ccc(OCC(=O)O)cc3)c2)OC(Cc2cccc(Oc3ccc(OCC(=O)O)cc3)c2)C(C)(C)c2ccc(OCC)cc2)cc1. The Balaban J connectivity index is 1.33. The Hall–Kier alpha value is -6.98. The van der Waals surface area contributed by atoms with Crippen LogP contribution in [0.15, 0.2) is 146 Å². The van der Waals surface area contributed by atoms with Crippen molar-refractivity contribution in [2.75, 3.05) is 26.4 Å². The summed E-state index contributed by atoms with van der Waals surface area (Å²) in [6, 6.07) is 46.1. The Bertz CT molecular complexity index is 2270. The normalized spacial score (nSPS) is 12.4. The maximum atomic E-state index is 11.0. The van der Waals surface area contributed by atoms with Gasteiger partial charge in [0, 0.05) is 10.8 Å². The van der Waals surface area contributed by atoms with E-state index in [1.807, 2.05) is 74.5 Å². The van der Waals surface area contributed by atoms with Crippen molar-refractivity contribution in [1.29, 1.82) is 0 Å². The first-order valence-electron chi connectivity index (χ1n) is 21.8. The summed E-state index contributed by atoms with van der Waals surface area (Å²) in [4.78, 5) is 21.9. The van der Waals surface area contributed by atoms with Gasteiger partial charge in [0.25, 0.3) is 0 Å². The average Bonchev–Trinajstić information content (AvgIpc) is 3.29. The Kier molecular flexibility index (Phi) is 16.1. The van der Waals surface area contributed by atoms with Crippen molar-refractivity contribution in [3.05, 3.63) is 168 Å². The number of hydrogen-bond acceptors (Lipinski definition) is 9. The molecule has 0 amide bonds. The first-order valence-corrected chi connectivity index (χ1v) is 21.8. The lowest BCUT2D eigenvalue weighted by molar-refractivity contribution is -0.140. The van der Waals surface area contributed by atoms with Crippen molar-refractivity contribution in [1.82, 2.24) is 0 Å². The number of rotatable bonds is 24. The maximum absolute atomic E-state index is 11.0. The minimum Gasteiger partial charge on any atom is -0.494 e. The number of ether oxygens (including phenoxy) is 7. The van der Waals surface area contributed by atoms with Crippen LogP contribution in [-0.2, 0) is 38.0 Å². The third-order valence-electron chi connectivity index (χ3n) is 11.2. The van der Waals surface area contributed by atoms with E-state index in [1.54, 1.807) is 48.5 Å². The Morgan fingerprint density at radius 3 is 1.11 bits per heavy atom. The first kappa shape index (κ1) is 47.5. The molecule has 0 spiro atoms. The summed E-state index contributed by atoms with van der Waals surface area (Å²) in [5.74, 6) is 2.82. The molecule has 0 bridgehead atoms. The zero-order chi connectivity index (χ0) is 46.4. The minimum absolute atomic E-state index is 0.352. The number of carboxylic acid groups (broad SMARTS) is 2. The molecule has 6 aromatic rings. The lowest BCUT2D eigenvalue weighted by Gasteiger charge is -2.43. The minimum atomic E-state index is -1.05. The van der Waals surface area contributed by atoms with E-state index in [4.69, 9.17) is 43.4 Å². The van der Waals surface area contributed by atoms with Crippen molar-refractivity contribution >= 4 is 11.9 Å². The Morgan fingerprint density at radius 2 is 0.769 bits per heavy atom. The molecule has 0 aromatic heterocycles. The summed E-state index contributed by atoms with van der Waals surface area (Å²) in [5, 5.41) is 18.0. The molecule has 340 valence electrons. The second-order valence-corrected chi connectivity index (χ2v) is 16.7. The van der Waals surface area contributed by atoms with E-state index in [1.165, 1.54) is 0 Å². The van der Waals surface area contributed by atoms with Crippen LogP contribution in [0.5, 0.6) is 46.0 Å². The monoisotopic (exact) mass is 882 g/mol. The molecule has 2 N–H and O–H groups in total. The van der Waals surface area contributed by atoms with Gasteiger partial charge >= 0.3 is 11.9 Å². The zero-order valence-electron chi connectivity index (χ0n) is 37.8. The van der Waals surface area contributed by atoms with Crippen LogP contribution in [0.2, 0.25) is 0 Å². The van der Waals surface area contributed by atoms with Crippen LogP contribution in [0.1, 0.15) is 63.8 Å². The van der Waals surface area contributed by atoms with E-state index in [0.717, 1.165) is 33.8 Å². The quantitative estimate of drug-likeness (QED) is 0.0600. The molecule has 6 aromatic carbocycles. The Labute approximate surface area is 381 Å². The summed E-state index contributed by atoms with van der Waals surface area (Å²) in [7, 11) is 0. The molecule has 0 radical (unpaired) electrons. The van der Waals surface area contributed by atoms with Gasteiger partial charge in [0.05, 0.1) is 25.4 Å². The molecule has 0 aliphatic rings. The highest BCUT2D eigenvalue weighted by Crippen LogP contribution is 2.40. The summed E-state index contributed by atoms with van der Waals surface area (Å²) in [5.41, 5.74) is 3.20. The molecule has 2 unspecified atom stereocenters. The van der Waals surface area contributed by atoms with Gasteiger partial charge in [-0.15, -0.1) is 0 Å². The molecule has 0 saturated heterocycles. The molecule has 6 rings (SSSR count). The number of aliphatic carboxylic acids is 2. The molecule has 0 aliphatic heterocycles. The lowest BCUT2D eigenvalue weighted by Crippen LogP contribution is -2.46. The number of benzene rings is 6. The Morgan fingerprint density at radius 1 is 0.446 bits per heavy atom. The molecule has 11 heteroatoms. The first-order chi connectivity index (χ1) is 31.2. The van der Waals surface area contributed by atoms with Gasteiger partial charge in [-0.05, 0) is 146 Å². The summed E-state index contributed by atoms with van der Waals surface area (Å²) in [6.45, 7) is 13.1. The molecule has 0 heterocycles. The van der Waals surface area contributed by atoms with Gasteiger partial charge in [-0.3, -0.25) is 0 Å². The van der Waals surface area contributed by atoms with Gasteiger partial charge in [-0.1, -0.05) is 76.2 Å². The van der Waals surface area contributed by atoms with Crippen molar-refractivity contribution in [3.8, 4) is 46.0 Å². The average molecular weight is 883 g/mol. The lowest BCUT2D eigenvalue weighted by atomic mass is 9.74. The fraction of sp³-hybridized carbons (Fsp3) is 0.296. The van der Waals surface area contributed by atoms with E-state index < -0.39 is 36.0 Å². The summed E-state index contributed by atoms with van der Waals surface area (Å²) < 4.78 is 42.4. The maximum Gasteiger partial charge on any atom is 0.341 e. The van der Waals surface area contributed by atoms with Crippen molar-refractivity contribution in [3.63, 3.8) is 0 Å². The van der Waals surface area contributed by atoms with E-state index >= 15 is 0 Å². The van der Waals surface area contributed by atoms with Gasteiger partial charge in [0.1, 0.15) is 46.0 Å². The third kappa shape index (κ3) is 13.5. The highest BCUT2D eigenvalue weighted by atomic mass is 16.5. The van der Waals surface area contributed by atoms with Gasteiger partial charge in [-0.25, -0.2) is 9.59 Å². The summed E-state index contributed by atoms with van der Waals surface area (Å²) in [6.07, 6.45) is 0.388. The molecule has 2 atom stereocenters. The standard InChI is InChI=1S/C54H58O11/c1-7-59-41-19-15-39(16-20-41)53(3,4)49(33-37-11-9-13-47(31-37)63-45-27-23-43(24-28-45)61-35-51(55)56)65-50(54(5,6)40-17-21-42(22-18-40)60-8-2)34-38-12-10-14-48(32-38)64-46-29-25-44(26-30-46)62-36-52(57)58/h9-32,49-50H,7-8,33-36H2,1-6H3,(H,55,56)(H,57,58). The van der Waals surface area contributed by atoms with Gasteiger partial charge in [0.15, 0.2) is 13.2 Å². The summed E-state index contributed by atoms with van der Waals surface area (Å²) >= 11 is 0. The molecular weight excluding hydrogens is 825 g/mol. The van der Waals surface area contributed by atoms with Gasteiger partial charge in [-0.2, -0.15) is 0 Å². The predicted molar refractivity (Wildman–Crippen MR) is 250 cm³/mol. The van der Waals surface area contributed by atoms with E-state index in [9.17, 15) is 9.59 Å². The largest absolute Gasteiger partial charge is 0.494 e. The van der Waals surface area contributed by atoms with Gasteiger partial charge in [0.2, 0.25) is 0 Å². The fourth-order valence-electron chi connectivity index (χ4n) is 7.48. The highest BCUT2D eigenvalue weighted by molar-refractivity contribution is 5.68. The van der Waals surface area contributed by atoms with Crippen LogP contribution in [0, 0.1) is 0 Å². The highest BCUT2D eigenvalue weighted by Gasteiger charge is 2.40. The predicted octanol–water partition coefficient (Wildman–Crippen LogP) is 11.5. The molecule has 11 nitrogen and oxygen atoms in total. The molecular formula is C54H58O11. The van der Waals surface area contributed by atoms with Gasteiger partial charge < -0.3 is 43.4 Å². The van der Waals surface area contributed by atoms with Crippen LogP contribution >= 0.6 is 0 Å². The fourth-order valence-corrected chi connectivity index (χ4v) is 7.48. The molecule has 0 aliphatic carbocycles. The van der Waals surface area contributed by atoms with Crippen molar-refractivity contribution < 1.29 is 53.0 Å². The van der Waals surface area contributed by atoms with Crippen LogP contribution in [-0.4, -0.2) is 60.8 Å². The van der Waals surface area contributed by atoms with E-state index in [0.29, 0.717) is 60.6 Å². The van der Waals surface area contributed by atoms with Crippen molar-refractivity contribution in [2.24, 2.45) is 0 Å². The third-order valence-corrected chi connectivity index (χ3v) is 11.2. The van der Waals surface area contributed by atoms with E-state index in [-0.39, 0.29) is 12.2 Å². The topological polar surface area (TPSA) is 139 Å². The second kappa shape index (κ2) is 22.1. The molecule has 65 heavy (non-hydrogen) atoms. The number of carbonyl (C=O) groups is 2. The molecule has 0 fully saturated rings. The number of carboxylic acids is 2. The van der Waals surface area contributed by atoms with Crippen LogP contribution < -0.4 is 28.4 Å².